The third-order valence-electron chi connectivity index (χ3n) is 5.62. The SMILES string of the molecule is CCCCCn1c(SCC(=O)C(C)(C)C)nc2cc(C(=O)N3CCOCC3)ccc2c1=O. The number of carbonyl (C=O) groups is 2. The summed E-state index contributed by atoms with van der Waals surface area (Å²) in [5, 5.41) is 1.03. The van der Waals surface area contributed by atoms with Crippen molar-refractivity contribution in [3.63, 3.8) is 0 Å². The third kappa shape index (κ3) is 5.78. The van der Waals surface area contributed by atoms with Crippen LogP contribution >= 0.6 is 11.8 Å². The fourth-order valence-electron chi connectivity index (χ4n) is 3.46. The molecule has 3 rings (SSSR count). The number of fused-ring (bicyclic) bond motifs is 1. The molecule has 0 radical (unpaired) electrons. The van der Waals surface area contributed by atoms with E-state index in [9.17, 15) is 14.4 Å². The molecule has 0 N–H and O–H groups in total. The number of benzene rings is 1. The van der Waals surface area contributed by atoms with Gasteiger partial charge in [0.25, 0.3) is 11.5 Å². The number of Topliss-reactive ketones (excluding diaryl/α,β-unsaturated/α-hetero) is 1. The summed E-state index contributed by atoms with van der Waals surface area (Å²) in [6.45, 7) is 10.5. The average molecular weight is 460 g/mol. The lowest BCUT2D eigenvalue weighted by molar-refractivity contribution is -0.123. The Morgan fingerprint density at radius 3 is 2.53 bits per heavy atom. The Morgan fingerprint density at radius 2 is 1.88 bits per heavy atom. The van der Waals surface area contributed by atoms with E-state index in [2.05, 4.69) is 6.92 Å². The van der Waals surface area contributed by atoms with Crippen molar-refractivity contribution < 1.29 is 14.3 Å². The molecule has 2 aromatic rings. The zero-order valence-corrected chi connectivity index (χ0v) is 20.3. The van der Waals surface area contributed by atoms with E-state index in [1.807, 2.05) is 20.8 Å². The molecule has 1 aromatic heterocycles. The van der Waals surface area contributed by atoms with Crippen LogP contribution in [0.3, 0.4) is 0 Å². The molecule has 0 unspecified atom stereocenters. The van der Waals surface area contributed by atoms with E-state index < -0.39 is 5.41 Å². The number of nitrogens with zero attached hydrogens (tertiary/aromatic N) is 3. The molecular formula is C24H33N3O4S. The number of ketones is 1. The minimum Gasteiger partial charge on any atom is -0.378 e. The quantitative estimate of drug-likeness (QED) is 0.340. The number of ether oxygens (including phenoxy) is 1. The van der Waals surface area contributed by atoms with Gasteiger partial charge in [-0.1, -0.05) is 52.3 Å². The van der Waals surface area contributed by atoms with Gasteiger partial charge in [0, 0.05) is 30.6 Å². The van der Waals surface area contributed by atoms with Crippen LogP contribution in [-0.4, -0.2) is 58.2 Å². The number of hydrogen-bond donors (Lipinski definition) is 0. The van der Waals surface area contributed by atoms with Crippen LogP contribution in [0.1, 0.15) is 57.3 Å². The third-order valence-corrected chi connectivity index (χ3v) is 6.60. The summed E-state index contributed by atoms with van der Waals surface area (Å²) in [5.74, 6) is 0.274. The van der Waals surface area contributed by atoms with Gasteiger partial charge in [-0.25, -0.2) is 4.98 Å². The van der Waals surface area contributed by atoms with Crippen LogP contribution in [0.25, 0.3) is 10.9 Å². The second kappa shape index (κ2) is 10.6. The van der Waals surface area contributed by atoms with E-state index in [1.54, 1.807) is 27.7 Å². The molecular weight excluding hydrogens is 426 g/mol. The highest BCUT2D eigenvalue weighted by Gasteiger charge is 2.23. The van der Waals surface area contributed by atoms with Crippen molar-refractivity contribution in [3.8, 4) is 0 Å². The Kier molecular flexibility index (Phi) is 8.11. The Morgan fingerprint density at radius 1 is 1.16 bits per heavy atom. The fourth-order valence-corrected chi connectivity index (χ4v) is 4.64. The number of rotatable bonds is 8. The summed E-state index contributed by atoms with van der Waals surface area (Å²) in [4.78, 5) is 45.1. The highest BCUT2D eigenvalue weighted by Crippen LogP contribution is 2.24. The second-order valence-corrected chi connectivity index (χ2v) is 10.1. The van der Waals surface area contributed by atoms with Crippen molar-refractivity contribution in [3.05, 3.63) is 34.1 Å². The Labute approximate surface area is 193 Å². The maximum absolute atomic E-state index is 13.3. The number of amides is 1. The molecule has 0 aliphatic carbocycles. The van der Waals surface area contributed by atoms with Gasteiger partial charge < -0.3 is 9.64 Å². The lowest BCUT2D eigenvalue weighted by atomic mass is 9.92. The smallest absolute Gasteiger partial charge is 0.262 e. The summed E-state index contributed by atoms with van der Waals surface area (Å²) < 4.78 is 7.01. The lowest BCUT2D eigenvalue weighted by Gasteiger charge is -2.26. The molecule has 8 heteroatoms. The van der Waals surface area contributed by atoms with Crippen molar-refractivity contribution >= 4 is 34.4 Å². The molecule has 1 aromatic carbocycles. The summed E-state index contributed by atoms with van der Waals surface area (Å²) >= 11 is 1.30. The standard InChI is InChI=1S/C24H33N3O4S/c1-5-6-7-10-27-22(30)18-9-8-17(21(29)26-11-13-31-14-12-26)15-19(18)25-23(27)32-16-20(28)24(2,3)4/h8-9,15H,5-7,10-14,16H2,1-4H3. The molecule has 1 amide bonds. The topological polar surface area (TPSA) is 81.5 Å². The van der Waals surface area contributed by atoms with Gasteiger partial charge in [-0.2, -0.15) is 0 Å². The largest absolute Gasteiger partial charge is 0.378 e. The number of unbranched alkanes of at least 4 members (excludes halogenated alkanes) is 2. The second-order valence-electron chi connectivity index (χ2n) is 9.16. The van der Waals surface area contributed by atoms with E-state index >= 15 is 0 Å². The highest BCUT2D eigenvalue weighted by molar-refractivity contribution is 7.99. The highest BCUT2D eigenvalue weighted by atomic mass is 32.2. The molecule has 0 saturated carbocycles. The lowest BCUT2D eigenvalue weighted by Crippen LogP contribution is -2.40. The van der Waals surface area contributed by atoms with Gasteiger partial charge in [-0.15, -0.1) is 0 Å². The number of aromatic nitrogens is 2. The predicted molar refractivity (Wildman–Crippen MR) is 127 cm³/mol. The number of thioether (sulfide) groups is 1. The molecule has 0 bridgehead atoms. The number of morpholine rings is 1. The predicted octanol–water partition coefficient (Wildman–Crippen LogP) is 3.77. The monoisotopic (exact) mass is 459 g/mol. The first-order chi connectivity index (χ1) is 15.2. The van der Waals surface area contributed by atoms with Crippen molar-refractivity contribution in [1.29, 1.82) is 0 Å². The van der Waals surface area contributed by atoms with Gasteiger partial charge in [0.1, 0.15) is 5.78 Å². The minimum absolute atomic E-state index is 0.0822. The molecule has 0 atom stereocenters. The molecule has 1 aliphatic rings. The van der Waals surface area contributed by atoms with Crippen molar-refractivity contribution in [2.24, 2.45) is 5.41 Å². The molecule has 0 spiro atoms. The molecule has 1 saturated heterocycles. The Balaban J connectivity index is 1.96. The molecule has 2 heterocycles. The van der Waals surface area contributed by atoms with Crippen LogP contribution < -0.4 is 5.56 Å². The average Bonchev–Trinajstić information content (AvgIpc) is 2.78. The van der Waals surface area contributed by atoms with Crippen LogP contribution in [0.4, 0.5) is 0 Å². The first-order valence-electron chi connectivity index (χ1n) is 11.3. The van der Waals surface area contributed by atoms with Crippen molar-refractivity contribution in [1.82, 2.24) is 14.5 Å². The number of hydrogen-bond acceptors (Lipinski definition) is 6. The van der Waals surface area contributed by atoms with Crippen molar-refractivity contribution in [2.45, 2.75) is 58.7 Å². The Bertz CT molecular complexity index is 1040. The van der Waals surface area contributed by atoms with Crippen LogP contribution in [0.15, 0.2) is 28.2 Å². The summed E-state index contributed by atoms with van der Waals surface area (Å²) in [6.07, 6.45) is 2.94. The normalized spacial score (nSPS) is 14.7. The molecule has 1 aliphatic heterocycles. The van der Waals surface area contributed by atoms with Gasteiger partial charge in [0.2, 0.25) is 0 Å². The van der Waals surface area contributed by atoms with Gasteiger partial charge in [-0.05, 0) is 24.6 Å². The van der Waals surface area contributed by atoms with Gasteiger partial charge >= 0.3 is 0 Å². The van der Waals surface area contributed by atoms with E-state index in [1.165, 1.54) is 11.8 Å². The van der Waals surface area contributed by atoms with Gasteiger partial charge in [0.05, 0.1) is 29.9 Å². The minimum atomic E-state index is -0.449. The van der Waals surface area contributed by atoms with Gasteiger partial charge in [0.15, 0.2) is 5.16 Å². The zero-order valence-electron chi connectivity index (χ0n) is 19.5. The molecule has 32 heavy (non-hydrogen) atoms. The molecule has 174 valence electrons. The first-order valence-corrected chi connectivity index (χ1v) is 12.3. The molecule has 7 nitrogen and oxygen atoms in total. The van der Waals surface area contributed by atoms with E-state index in [0.29, 0.717) is 54.5 Å². The van der Waals surface area contributed by atoms with E-state index in [4.69, 9.17) is 9.72 Å². The maximum Gasteiger partial charge on any atom is 0.262 e. The zero-order chi connectivity index (χ0) is 23.3. The number of carbonyl (C=O) groups excluding carboxylic acids is 2. The summed E-state index contributed by atoms with van der Waals surface area (Å²) in [6, 6.07) is 5.10. The van der Waals surface area contributed by atoms with Crippen LogP contribution in [-0.2, 0) is 16.1 Å². The maximum atomic E-state index is 13.3. The van der Waals surface area contributed by atoms with Crippen LogP contribution in [0.5, 0.6) is 0 Å². The van der Waals surface area contributed by atoms with Crippen molar-refractivity contribution in [2.75, 3.05) is 32.1 Å². The summed E-state index contributed by atoms with van der Waals surface area (Å²) in [7, 11) is 0. The van der Waals surface area contributed by atoms with Crippen LogP contribution in [0.2, 0.25) is 0 Å². The fraction of sp³-hybridized carbons (Fsp3) is 0.583. The van der Waals surface area contributed by atoms with E-state index in [-0.39, 0.29) is 23.0 Å². The first kappa shape index (κ1) is 24.5. The van der Waals surface area contributed by atoms with Crippen LogP contribution in [0, 0.1) is 5.41 Å². The Hall–Kier alpha value is -2.19. The summed E-state index contributed by atoms with van der Waals surface area (Å²) in [5.41, 5.74) is 0.431. The van der Waals surface area contributed by atoms with E-state index in [0.717, 1.165) is 19.3 Å². The van der Waals surface area contributed by atoms with Gasteiger partial charge in [-0.3, -0.25) is 19.0 Å². The molecule has 1 fully saturated rings.